The Balaban J connectivity index is 1.55. The van der Waals surface area contributed by atoms with Crippen molar-refractivity contribution in [2.75, 3.05) is 53.0 Å². The molecular formula is C20H31N3O4. The fraction of sp³-hybridized carbons (Fsp3) is 0.650. The molecule has 150 valence electrons. The Morgan fingerprint density at radius 3 is 2.70 bits per heavy atom. The molecule has 0 aromatic heterocycles. The molecule has 2 fully saturated rings. The molecule has 1 aromatic rings. The van der Waals surface area contributed by atoms with E-state index in [1.54, 1.807) is 7.11 Å². The maximum atomic E-state index is 11.5. The van der Waals surface area contributed by atoms with Gasteiger partial charge in [-0.05, 0) is 43.6 Å². The molecule has 2 N–H and O–H groups in total. The first-order chi connectivity index (χ1) is 13.1. The fourth-order valence-corrected chi connectivity index (χ4v) is 3.70. The first-order valence-corrected chi connectivity index (χ1v) is 9.83. The lowest BCUT2D eigenvalue weighted by Crippen LogP contribution is -2.47. The monoisotopic (exact) mass is 377 g/mol. The van der Waals surface area contributed by atoms with E-state index in [2.05, 4.69) is 15.1 Å². The Labute approximate surface area is 161 Å². The summed E-state index contributed by atoms with van der Waals surface area (Å²) in [5, 5.41) is 13.2. The molecule has 7 heteroatoms. The topological polar surface area (TPSA) is 74.3 Å². The minimum Gasteiger partial charge on any atom is -0.493 e. The van der Waals surface area contributed by atoms with Crippen LogP contribution in [0.1, 0.15) is 24.8 Å². The van der Waals surface area contributed by atoms with E-state index in [0.717, 1.165) is 25.2 Å². The van der Waals surface area contributed by atoms with Gasteiger partial charge in [0.2, 0.25) is 5.91 Å². The van der Waals surface area contributed by atoms with E-state index >= 15 is 0 Å². The molecular weight excluding hydrogens is 346 g/mol. The molecule has 0 saturated carbocycles. The van der Waals surface area contributed by atoms with Gasteiger partial charge >= 0.3 is 0 Å². The number of nitrogens with zero attached hydrogens (tertiary/aromatic N) is 2. The van der Waals surface area contributed by atoms with Crippen LogP contribution in [0.4, 0.5) is 0 Å². The standard InChI is InChI=1S/C20H31N3O4/c1-26-18-6-5-16(12-23-10-7-21-20(25)14-23)11-19(18)27-15-17(24)13-22-8-3-2-4-9-22/h5-6,11,17,24H,2-4,7-10,12-15H2,1H3,(H,21,25)/t17-/m0/s1. The van der Waals surface area contributed by atoms with Crippen LogP contribution in [0.5, 0.6) is 11.5 Å². The molecule has 2 saturated heterocycles. The number of carbonyl (C=O) groups is 1. The molecule has 7 nitrogen and oxygen atoms in total. The highest BCUT2D eigenvalue weighted by Crippen LogP contribution is 2.29. The van der Waals surface area contributed by atoms with E-state index in [1.165, 1.54) is 19.3 Å². The summed E-state index contributed by atoms with van der Waals surface area (Å²) in [7, 11) is 1.61. The Hall–Kier alpha value is -1.83. The Morgan fingerprint density at radius 1 is 1.15 bits per heavy atom. The molecule has 0 bridgehead atoms. The molecule has 0 spiro atoms. The maximum absolute atomic E-state index is 11.5. The van der Waals surface area contributed by atoms with Crippen LogP contribution in [0, 0.1) is 0 Å². The van der Waals surface area contributed by atoms with Gasteiger partial charge < -0.3 is 24.8 Å². The van der Waals surface area contributed by atoms with Gasteiger partial charge in [0.1, 0.15) is 12.7 Å². The third-order valence-corrected chi connectivity index (χ3v) is 5.10. The minimum absolute atomic E-state index is 0.0621. The SMILES string of the molecule is COc1ccc(CN2CCNC(=O)C2)cc1OC[C@@H](O)CN1CCCCC1. The zero-order chi connectivity index (χ0) is 19.1. The van der Waals surface area contributed by atoms with Crippen molar-refractivity contribution in [1.29, 1.82) is 0 Å². The van der Waals surface area contributed by atoms with Crippen molar-refractivity contribution in [3.8, 4) is 11.5 Å². The van der Waals surface area contributed by atoms with Gasteiger partial charge in [-0.2, -0.15) is 0 Å². The number of aliphatic hydroxyl groups is 1. The van der Waals surface area contributed by atoms with Crippen molar-refractivity contribution >= 4 is 5.91 Å². The molecule has 27 heavy (non-hydrogen) atoms. The number of hydrogen-bond acceptors (Lipinski definition) is 6. The predicted molar refractivity (Wildman–Crippen MR) is 103 cm³/mol. The predicted octanol–water partition coefficient (Wildman–Crippen LogP) is 0.853. The number of likely N-dealkylation sites (tertiary alicyclic amines) is 1. The van der Waals surface area contributed by atoms with E-state index in [9.17, 15) is 9.90 Å². The zero-order valence-corrected chi connectivity index (χ0v) is 16.2. The number of aliphatic hydroxyl groups excluding tert-OH is 1. The number of methoxy groups -OCH3 is 1. The fourth-order valence-electron chi connectivity index (χ4n) is 3.70. The molecule has 0 radical (unpaired) electrons. The van der Waals surface area contributed by atoms with Crippen LogP contribution in [0.15, 0.2) is 18.2 Å². The number of β-amino-alcohol motifs (C(OH)–C–C–N with tert-alkyl or cyclic N) is 1. The number of piperidine rings is 1. The number of benzene rings is 1. The summed E-state index contributed by atoms with van der Waals surface area (Å²) in [5.74, 6) is 1.35. The van der Waals surface area contributed by atoms with Crippen LogP contribution in [-0.2, 0) is 11.3 Å². The van der Waals surface area contributed by atoms with Gasteiger partial charge in [-0.25, -0.2) is 0 Å². The normalized spacial score (nSPS) is 20.1. The Bertz CT molecular complexity index is 619. The van der Waals surface area contributed by atoms with Crippen molar-refractivity contribution in [3.63, 3.8) is 0 Å². The van der Waals surface area contributed by atoms with Gasteiger partial charge in [-0.3, -0.25) is 9.69 Å². The second kappa shape index (κ2) is 9.92. The van der Waals surface area contributed by atoms with Crippen LogP contribution >= 0.6 is 0 Å². The van der Waals surface area contributed by atoms with Gasteiger partial charge in [0.15, 0.2) is 11.5 Å². The third-order valence-electron chi connectivity index (χ3n) is 5.10. The Morgan fingerprint density at radius 2 is 1.96 bits per heavy atom. The minimum atomic E-state index is -0.526. The number of carbonyl (C=O) groups excluding carboxylic acids is 1. The quantitative estimate of drug-likeness (QED) is 0.700. The van der Waals surface area contributed by atoms with E-state index < -0.39 is 6.10 Å². The highest BCUT2D eigenvalue weighted by Gasteiger charge is 2.18. The van der Waals surface area contributed by atoms with E-state index in [-0.39, 0.29) is 12.5 Å². The summed E-state index contributed by atoms with van der Waals surface area (Å²) < 4.78 is 11.3. The van der Waals surface area contributed by atoms with Crippen molar-refractivity contribution < 1.29 is 19.4 Å². The summed E-state index contributed by atoms with van der Waals surface area (Å²) in [5.41, 5.74) is 1.06. The van der Waals surface area contributed by atoms with Gasteiger partial charge in [0.25, 0.3) is 0 Å². The van der Waals surface area contributed by atoms with E-state index in [4.69, 9.17) is 9.47 Å². The molecule has 2 aliphatic rings. The third kappa shape index (κ3) is 6.09. The summed E-state index contributed by atoms with van der Waals surface area (Å²) in [6, 6.07) is 5.81. The van der Waals surface area contributed by atoms with Crippen LogP contribution in [0.3, 0.4) is 0 Å². The van der Waals surface area contributed by atoms with Gasteiger partial charge in [-0.15, -0.1) is 0 Å². The number of rotatable bonds is 8. The van der Waals surface area contributed by atoms with Crippen molar-refractivity contribution in [2.24, 2.45) is 0 Å². The molecule has 1 aromatic carbocycles. The van der Waals surface area contributed by atoms with Crippen LogP contribution < -0.4 is 14.8 Å². The summed E-state index contributed by atoms with van der Waals surface area (Å²) >= 11 is 0. The van der Waals surface area contributed by atoms with Gasteiger partial charge in [0, 0.05) is 26.2 Å². The lowest BCUT2D eigenvalue weighted by atomic mass is 10.1. The second-order valence-corrected chi connectivity index (χ2v) is 7.37. The molecule has 1 amide bonds. The van der Waals surface area contributed by atoms with E-state index in [1.807, 2.05) is 18.2 Å². The maximum Gasteiger partial charge on any atom is 0.234 e. The second-order valence-electron chi connectivity index (χ2n) is 7.37. The van der Waals surface area contributed by atoms with Gasteiger partial charge in [0.05, 0.1) is 13.7 Å². The summed E-state index contributed by atoms with van der Waals surface area (Å²) in [6.45, 7) is 5.61. The first kappa shape index (κ1) is 19.9. The number of piperazine rings is 1. The summed E-state index contributed by atoms with van der Waals surface area (Å²) in [6.07, 6.45) is 3.17. The zero-order valence-electron chi connectivity index (χ0n) is 16.2. The van der Waals surface area contributed by atoms with Gasteiger partial charge in [-0.1, -0.05) is 12.5 Å². The molecule has 2 heterocycles. The highest BCUT2D eigenvalue weighted by molar-refractivity contribution is 5.78. The van der Waals surface area contributed by atoms with Crippen LogP contribution in [-0.4, -0.2) is 79.9 Å². The molecule has 1 atom stereocenters. The largest absolute Gasteiger partial charge is 0.493 e. The first-order valence-electron chi connectivity index (χ1n) is 9.83. The highest BCUT2D eigenvalue weighted by atomic mass is 16.5. The summed E-state index contributed by atoms with van der Waals surface area (Å²) in [4.78, 5) is 15.9. The van der Waals surface area contributed by atoms with Crippen molar-refractivity contribution in [3.05, 3.63) is 23.8 Å². The molecule has 3 rings (SSSR count). The Kier molecular flexibility index (Phi) is 7.32. The molecule has 0 aliphatic carbocycles. The smallest absolute Gasteiger partial charge is 0.234 e. The number of ether oxygens (including phenoxy) is 2. The molecule has 2 aliphatic heterocycles. The van der Waals surface area contributed by atoms with Crippen molar-refractivity contribution in [2.45, 2.75) is 31.9 Å². The average molecular weight is 377 g/mol. The number of hydrogen-bond donors (Lipinski definition) is 2. The van der Waals surface area contributed by atoms with Crippen LogP contribution in [0.25, 0.3) is 0 Å². The lowest BCUT2D eigenvalue weighted by Gasteiger charge is -2.28. The van der Waals surface area contributed by atoms with E-state index in [0.29, 0.717) is 37.7 Å². The number of amides is 1. The number of nitrogens with one attached hydrogen (secondary N) is 1. The van der Waals surface area contributed by atoms with Crippen LogP contribution in [0.2, 0.25) is 0 Å². The molecule has 0 unspecified atom stereocenters. The average Bonchev–Trinajstić information content (AvgIpc) is 2.67. The van der Waals surface area contributed by atoms with Crippen molar-refractivity contribution in [1.82, 2.24) is 15.1 Å². The lowest BCUT2D eigenvalue weighted by molar-refractivity contribution is -0.124.